The molecule has 0 unspecified atom stereocenters. The number of hydrogen-bond acceptors (Lipinski definition) is 2. The number of nitrogens with two attached hydrogens (primary N) is 1. The monoisotopic (exact) mass is 291 g/mol. The molecule has 1 saturated carbocycles. The summed E-state index contributed by atoms with van der Waals surface area (Å²) < 4.78 is 13.4. The molecule has 3 N–H and O–H groups in total. The van der Waals surface area contributed by atoms with E-state index in [0.717, 1.165) is 18.7 Å². The molecule has 0 aliphatic heterocycles. The number of hydrogen-bond donors (Lipinski definition) is 2. The molecule has 2 rings (SSSR count). The molecule has 0 radical (unpaired) electrons. The summed E-state index contributed by atoms with van der Waals surface area (Å²) in [6, 6.07) is 5.22. The molecular formula is C17H26FN3. The quantitative estimate of drug-likeness (QED) is 0.622. The molecule has 0 spiro atoms. The topological polar surface area (TPSA) is 53.1 Å². The van der Waals surface area contributed by atoms with Gasteiger partial charge < -0.3 is 5.73 Å². The molecule has 1 aliphatic rings. The summed E-state index contributed by atoms with van der Waals surface area (Å²) in [7, 11) is 0. The molecular weight excluding hydrogens is 265 g/mol. The van der Waals surface area contributed by atoms with Crippen LogP contribution in [0.25, 0.3) is 0 Å². The third kappa shape index (κ3) is 4.27. The van der Waals surface area contributed by atoms with Crippen LogP contribution in [-0.4, -0.2) is 23.3 Å². The number of benzene rings is 1. The lowest BCUT2D eigenvalue weighted by molar-refractivity contribution is 0.168. The second kappa shape index (κ2) is 7.03. The number of rotatable bonds is 6. The molecule has 21 heavy (non-hydrogen) atoms. The number of amidine groups is 1. The van der Waals surface area contributed by atoms with Gasteiger partial charge in [0.1, 0.15) is 11.7 Å². The Morgan fingerprint density at radius 1 is 1.38 bits per heavy atom. The molecule has 0 bridgehead atoms. The van der Waals surface area contributed by atoms with Crippen LogP contribution in [0.15, 0.2) is 18.2 Å². The molecule has 1 aliphatic carbocycles. The van der Waals surface area contributed by atoms with Crippen LogP contribution in [0, 0.1) is 17.1 Å². The molecule has 0 saturated heterocycles. The fourth-order valence-electron chi connectivity index (χ4n) is 3.24. The van der Waals surface area contributed by atoms with Crippen molar-refractivity contribution in [3.8, 4) is 0 Å². The molecule has 0 aromatic heterocycles. The van der Waals surface area contributed by atoms with Crippen LogP contribution in [0.1, 0.15) is 50.7 Å². The zero-order chi connectivity index (χ0) is 15.4. The van der Waals surface area contributed by atoms with Gasteiger partial charge in [-0.15, -0.1) is 0 Å². The van der Waals surface area contributed by atoms with Gasteiger partial charge >= 0.3 is 0 Å². The van der Waals surface area contributed by atoms with Gasteiger partial charge in [-0.3, -0.25) is 10.3 Å². The number of nitrogens with zero attached hydrogens (tertiary/aromatic N) is 1. The first-order chi connectivity index (χ1) is 9.97. The lowest BCUT2D eigenvalue weighted by atomic mass is 10.0. The summed E-state index contributed by atoms with van der Waals surface area (Å²) in [6.07, 6.45) is 5.07. The Kier molecular flexibility index (Phi) is 5.34. The van der Waals surface area contributed by atoms with Gasteiger partial charge in [0.05, 0.1) is 0 Å². The van der Waals surface area contributed by atoms with Crippen LogP contribution < -0.4 is 5.73 Å². The van der Waals surface area contributed by atoms with Gasteiger partial charge in [-0.2, -0.15) is 0 Å². The predicted molar refractivity (Wildman–Crippen MR) is 84.9 cm³/mol. The third-order valence-corrected chi connectivity index (χ3v) is 4.18. The van der Waals surface area contributed by atoms with E-state index in [2.05, 4.69) is 18.7 Å². The van der Waals surface area contributed by atoms with E-state index in [-0.39, 0.29) is 11.7 Å². The predicted octanol–water partition coefficient (Wildman–Crippen LogP) is 3.51. The lowest BCUT2D eigenvalue weighted by Crippen LogP contribution is -2.36. The first-order valence-corrected chi connectivity index (χ1v) is 7.84. The lowest BCUT2D eigenvalue weighted by Gasteiger charge is -2.31. The number of nitrogen functional groups attached to an aromatic ring is 1. The average Bonchev–Trinajstić information content (AvgIpc) is 2.93. The summed E-state index contributed by atoms with van der Waals surface area (Å²) in [4.78, 5) is 2.48. The maximum atomic E-state index is 13.4. The van der Waals surface area contributed by atoms with Gasteiger partial charge in [0.2, 0.25) is 0 Å². The SMILES string of the molecule is CC(C)CN(Cc1ccc(F)cc1C(=N)N)C1CCCC1. The van der Waals surface area contributed by atoms with Crippen molar-refractivity contribution in [3.63, 3.8) is 0 Å². The third-order valence-electron chi connectivity index (χ3n) is 4.18. The van der Waals surface area contributed by atoms with Crippen LogP contribution in [0.4, 0.5) is 4.39 Å². The van der Waals surface area contributed by atoms with E-state index in [4.69, 9.17) is 11.1 Å². The van der Waals surface area contributed by atoms with Gasteiger partial charge in [0.15, 0.2) is 0 Å². The van der Waals surface area contributed by atoms with Gasteiger partial charge in [-0.1, -0.05) is 32.8 Å². The first kappa shape index (κ1) is 16.0. The Labute approximate surface area is 126 Å². The van der Waals surface area contributed by atoms with Crippen molar-refractivity contribution in [2.75, 3.05) is 6.54 Å². The van der Waals surface area contributed by atoms with Crippen LogP contribution in [-0.2, 0) is 6.54 Å². The Hall–Kier alpha value is -1.42. The number of halogens is 1. The fourth-order valence-corrected chi connectivity index (χ4v) is 3.24. The van der Waals surface area contributed by atoms with Crippen LogP contribution in [0.5, 0.6) is 0 Å². The largest absolute Gasteiger partial charge is 0.384 e. The minimum atomic E-state index is -0.333. The zero-order valence-corrected chi connectivity index (χ0v) is 13.0. The van der Waals surface area contributed by atoms with E-state index in [1.807, 2.05) is 0 Å². The maximum Gasteiger partial charge on any atom is 0.123 e. The first-order valence-electron chi connectivity index (χ1n) is 7.84. The Morgan fingerprint density at radius 2 is 2.05 bits per heavy atom. The highest BCUT2D eigenvalue weighted by atomic mass is 19.1. The summed E-state index contributed by atoms with van der Waals surface area (Å²) in [5.74, 6) is 0.201. The zero-order valence-electron chi connectivity index (χ0n) is 13.0. The van der Waals surface area contributed by atoms with Crippen molar-refractivity contribution in [1.29, 1.82) is 5.41 Å². The summed E-state index contributed by atoms with van der Waals surface area (Å²) in [6.45, 7) is 6.22. The van der Waals surface area contributed by atoms with Gasteiger partial charge in [0.25, 0.3) is 0 Å². The smallest absolute Gasteiger partial charge is 0.123 e. The van der Waals surface area contributed by atoms with Crippen molar-refractivity contribution in [1.82, 2.24) is 4.90 Å². The van der Waals surface area contributed by atoms with Crippen molar-refractivity contribution in [2.45, 2.75) is 52.1 Å². The van der Waals surface area contributed by atoms with Crippen LogP contribution in [0.3, 0.4) is 0 Å². The molecule has 0 amide bonds. The highest BCUT2D eigenvalue weighted by molar-refractivity contribution is 5.96. The van der Waals surface area contributed by atoms with E-state index < -0.39 is 0 Å². The molecule has 116 valence electrons. The van der Waals surface area contributed by atoms with Crippen LogP contribution >= 0.6 is 0 Å². The maximum absolute atomic E-state index is 13.4. The Morgan fingerprint density at radius 3 is 2.62 bits per heavy atom. The summed E-state index contributed by atoms with van der Waals surface area (Å²) in [5, 5.41) is 7.66. The van der Waals surface area contributed by atoms with Gasteiger partial charge in [-0.05, 0) is 36.5 Å². The molecule has 1 aromatic carbocycles. The standard InChI is InChI=1S/C17H26FN3/c1-12(2)10-21(15-5-3-4-6-15)11-13-7-8-14(18)9-16(13)17(19)20/h7-9,12,15H,3-6,10-11H2,1-2H3,(H3,19,20). The molecule has 0 atom stereocenters. The molecule has 3 nitrogen and oxygen atoms in total. The van der Waals surface area contributed by atoms with E-state index in [9.17, 15) is 4.39 Å². The van der Waals surface area contributed by atoms with E-state index in [0.29, 0.717) is 17.5 Å². The summed E-state index contributed by atoms with van der Waals surface area (Å²) >= 11 is 0. The minimum Gasteiger partial charge on any atom is -0.384 e. The highest BCUT2D eigenvalue weighted by Crippen LogP contribution is 2.26. The average molecular weight is 291 g/mol. The number of nitrogens with one attached hydrogen (secondary N) is 1. The summed E-state index contributed by atoms with van der Waals surface area (Å²) in [5.41, 5.74) is 7.10. The molecule has 0 heterocycles. The minimum absolute atomic E-state index is 0.0552. The Balaban J connectivity index is 2.21. The van der Waals surface area contributed by atoms with E-state index >= 15 is 0 Å². The van der Waals surface area contributed by atoms with E-state index in [1.54, 1.807) is 6.07 Å². The second-order valence-electron chi connectivity index (χ2n) is 6.48. The van der Waals surface area contributed by atoms with Crippen LogP contribution in [0.2, 0.25) is 0 Å². The van der Waals surface area contributed by atoms with Gasteiger partial charge in [0, 0.05) is 24.7 Å². The highest BCUT2D eigenvalue weighted by Gasteiger charge is 2.24. The normalized spacial score (nSPS) is 16.0. The van der Waals surface area contributed by atoms with Crippen molar-refractivity contribution in [2.24, 2.45) is 11.7 Å². The fraction of sp³-hybridized carbons (Fsp3) is 0.588. The molecule has 1 aromatic rings. The van der Waals surface area contributed by atoms with E-state index in [1.165, 1.54) is 37.8 Å². The van der Waals surface area contributed by atoms with Crippen molar-refractivity contribution < 1.29 is 4.39 Å². The van der Waals surface area contributed by atoms with Crippen molar-refractivity contribution >= 4 is 5.84 Å². The second-order valence-corrected chi connectivity index (χ2v) is 6.48. The Bertz CT molecular complexity index is 493. The van der Waals surface area contributed by atoms with Crippen molar-refractivity contribution in [3.05, 3.63) is 35.1 Å². The van der Waals surface area contributed by atoms with Gasteiger partial charge in [-0.25, -0.2) is 4.39 Å². The molecule has 4 heteroatoms. The molecule has 1 fully saturated rings.